The minimum absolute atomic E-state index is 0.608. The second kappa shape index (κ2) is 5.19. The molecule has 1 atom stereocenters. The van der Waals surface area contributed by atoms with Crippen molar-refractivity contribution >= 4 is 16.5 Å². The number of hydrogen-bond acceptors (Lipinski definition) is 4. The molecule has 4 rings (SSSR count). The zero-order valence-corrected chi connectivity index (χ0v) is 12.4. The van der Waals surface area contributed by atoms with Crippen LogP contribution < -0.4 is 15.0 Å². The van der Waals surface area contributed by atoms with E-state index >= 15 is 0 Å². The van der Waals surface area contributed by atoms with E-state index in [1.807, 2.05) is 6.20 Å². The highest BCUT2D eigenvalue weighted by Crippen LogP contribution is 2.38. The SMILES string of the molecule is COc1ncc2c3c(cccc13)N(C1CCCNC1)CC2. The maximum absolute atomic E-state index is 5.44. The molecule has 2 aliphatic rings. The van der Waals surface area contributed by atoms with Crippen molar-refractivity contribution < 1.29 is 4.74 Å². The molecule has 3 heterocycles. The average molecular weight is 283 g/mol. The Bertz CT molecular complexity index is 664. The van der Waals surface area contributed by atoms with Crippen LogP contribution in [-0.4, -0.2) is 37.8 Å². The van der Waals surface area contributed by atoms with E-state index in [4.69, 9.17) is 4.74 Å². The first-order valence-electron chi connectivity index (χ1n) is 7.80. The molecule has 21 heavy (non-hydrogen) atoms. The van der Waals surface area contributed by atoms with Crippen LogP contribution in [0.1, 0.15) is 18.4 Å². The van der Waals surface area contributed by atoms with Gasteiger partial charge in [0.1, 0.15) is 0 Å². The van der Waals surface area contributed by atoms with E-state index < -0.39 is 0 Å². The molecule has 1 aromatic heterocycles. The van der Waals surface area contributed by atoms with Gasteiger partial charge in [0.25, 0.3) is 0 Å². The predicted octanol–water partition coefficient (Wildman–Crippen LogP) is 2.36. The number of ether oxygens (including phenoxy) is 1. The van der Waals surface area contributed by atoms with Crippen molar-refractivity contribution in [1.82, 2.24) is 10.3 Å². The minimum Gasteiger partial charge on any atom is -0.481 e. The Hall–Kier alpha value is -1.81. The fourth-order valence-corrected chi connectivity index (χ4v) is 3.76. The van der Waals surface area contributed by atoms with E-state index in [2.05, 4.69) is 33.4 Å². The number of nitrogens with zero attached hydrogens (tertiary/aromatic N) is 2. The molecule has 0 aliphatic carbocycles. The van der Waals surface area contributed by atoms with Gasteiger partial charge in [-0.2, -0.15) is 0 Å². The van der Waals surface area contributed by atoms with Gasteiger partial charge < -0.3 is 15.0 Å². The molecular formula is C17H21N3O. The lowest BCUT2D eigenvalue weighted by atomic mass is 9.95. The quantitative estimate of drug-likeness (QED) is 0.918. The van der Waals surface area contributed by atoms with Gasteiger partial charge in [-0.15, -0.1) is 0 Å². The zero-order valence-electron chi connectivity index (χ0n) is 12.4. The first-order valence-corrected chi connectivity index (χ1v) is 7.80. The molecule has 0 spiro atoms. The number of pyridine rings is 1. The van der Waals surface area contributed by atoms with Crippen LogP contribution >= 0.6 is 0 Å². The zero-order chi connectivity index (χ0) is 14.2. The van der Waals surface area contributed by atoms with E-state index in [0.29, 0.717) is 6.04 Å². The lowest BCUT2D eigenvalue weighted by Crippen LogP contribution is -2.48. The molecule has 4 heteroatoms. The van der Waals surface area contributed by atoms with Crippen LogP contribution in [0.4, 0.5) is 5.69 Å². The summed E-state index contributed by atoms with van der Waals surface area (Å²) in [6.45, 7) is 3.34. The summed E-state index contributed by atoms with van der Waals surface area (Å²) < 4.78 is 5.44. The third-order valence-corrected chi connectivity index (χ3v) is 4.77. The molecule has 0 radical (unpaired) electrons. The summed E-state index contributed by atoms with van der Waals surface area (Å²) in [5.74, 6) is 0.735. The highest BCUT2D eigenvalue weighted by molar-refractivity contribution is 6.00. The number of aromatic nitrogens is 1. The number of anilines is 1. The molecule has 1 aromatic carbocycles. The summed E-state index contributed by atoms with van der Waals surface area (Å²) >= 11 is 0. The van der Waals surface area contributed by atoms with Gasteiger partial charge in [-0.05, 0) is 43.5 Å². The van der Waals surface area contributed by atoms with Crippen LogP contribution in [0.5, 0.6) is 5.88 Å². The van der Waals surface area contributed by atoms with Crippen molar-refractivity contribution in [3.8, 4) is 5.88 Å². The van der Waals surface area contributed by atoms with Gasteiger partial charge in [-0.3, -0.25) is 0 Å². The van der Waals surface area contributed by atoms with Crippen LogP contribution in [0.2, 0.25) is 0 Å². The third kappa shape index (κ3) is 2.05. The van der Waals surface area contributed by atoms with E-state index in [1.54, 1.807) is 7.11 Å². The van der Waals surface area contributed by atoms with Gasteiger partial charge in [-0.1, -0.05) is 6.07 Å². The standard InChI is InChI=1S/C17H21N3O/c1-21-17-14-5-2-6-15-16(14)12(10-19-17)7-9-20(15)13-4-3-8-18-11-13/h2,5-6,10,13,18H,3-4,7-9,11H2,1H3. The number of methoxy groups -OCH3 is 1. The van der Waals surface area contributed by atoms with Crippen LogP contribution in [0, 0.1) is 0 Å². The second-order valence-corrected chi connectivity index (χ2v) is 5.94. The summed E-state index contributed by atoms with van der Waals surface area (Å²) in [6, 6.07) is 7.10. The highest BCUT2D eigenvalue weighted by Gasteiger charge is 2.27. The molecule has 2 aromatic rings. The molecule has 0 bridgehead atoms. The molecule has 1 unspecified atom stereocenters. The second-order valence-electron chi connectivity index (χ2n) is 5.94. The Morgan fingerprint density at radius 2 is 2.33 bits per heavy atom. The van der Waals surface area contributed by atoms with E-state index in [-0.39, 0.29) is 0 Å². The smallest absolute Gasteiger partial charge is 0.221 e. The molecule has 110 valence electrons. The van der Waals surface area contributed by atoms with Crippen molar-refractivity contribution in [1.29, 1.82) is 0 Å². The largest absolute Gasteiger partial charge is 0.481 e. The lowest BCUT2D eigenvalue weighted by Gasteiger charge is -2.39. The van der Waals surface area contributed by atoms with Crippen molar-refractivity contribution in [2.45, 2.75) is 25.3 Å². The maximum Gasteiger partial charge on any atom is 0.221 e. The topological polar surface area (TPSA) is 37.4 Å². The first-order chi connectivity index (χ1) is 10.4. The predicted molar refractivity (Wildman–Crippen MR) is 85.2 cm³/mol. The molecule has 4 nitrogen and oxygen atoms in total. The molecule has 1 N–H and O–H groups in total. The van der Waals surface area contributed by atoms with E-state index in [9.17, 15) is 0 Å². The number of rotatable bonds is 2. The number of hydrogen-bond donors (Lipinski definition) is 1. The summed E-state index contributed by atoms with van der Waals surface area (Å²) in [5, 5.41) is 6.01. The molecule has 1 saturated heterocycles. The van der Waals surface area contributed by atoms with Gasteiger partial charge in [0.05, 0.1) is 7.11 Å². The lowest BCUT2D eigenvalue weighted by molar-refractivity contribution is 0.402. The van der Waals surface area contributed by atoms with Crippen LogP contribution in [0.15, 0.2) is 24.4 Å². The number of nitrogens with one attached hydrogen (secondary N) is 1. The van der Waals surface area contributed by atoms with Crippen molar-refractivity contribution in [3.63, 3.8) is 0 Å². The maximum atomic E-state index is 5.44. The van der Waals surface area contributed by atoms with Gasteiger partial charge in [-0.25, -0.2) is 4.98 Å². The fraction of sp³-hybridized carbons (Fsp3) is 0.471. The number of benzene rings is 1. The molecule has 0 amide bonds. The summed E-state index contributed by atoms with van der Waals surface area (Å²) in [4.78, 5) is 7.04. The van der Waals surface area contributed by atoms with Gasteiger partial charge in [0.2, 0.25) is 5.88 Å². The van der Waals surface area contributed by atoms with Gasteiger partial charge >= 0.3 is 0 Å². The van der Waals surface area contributed by atoms with Crippen molar-refractivity contribution in [2.75, 3.05) is 31.6 Å². The fourth-order valence-electron chi connectivity index (χ4n) is 3.76. The molecule has 0 saturated carbocycles. The Morgan fingerprint density at radius 3 is 3.14 bits per heavy atom. The third-order valence-electron chi connectivity index (χ3n) is 4.77. The molecule has 2 aliphatic heterocycles. The van der Waals surface area contributed by atoms with Gasteiger partial charge in [0, 0.05) is 41.8 Å². The van der Waals surface area contributed by atoms with E-state index in [0.717, 1.165) is 37.3 Å². The first kappa shape index (κ1) is 12.9. The van der Waals surface area contributed by atoms with Crippen LogP contribution in [0.3, 0.4) is 0 Å². The normalized spacial score (nSPS) is 21.6. The van der Waals surface area contributed by atoms with Crippen molar-refractivity contribution in [2.24, 2.45) is 0 Å². The Labute approximate surface area is 125 Å². The molecule has 1 fully saturated rings. The number of piperidine rings is 1. The summed E-state index contributed by atoms with van der Waals surface area (Å²) in [6.07, 6.45) is 5.60. The molecular weight excluding hydrogens is 262 g/mol. The van der Waals surface area contributed by atoms with E-state index in [1.165, 1.54) is 29.5 Å². The summed E-state index contributed by atoms with van der Waals surface area (Å²) in [5.41, 5.74) is 2.70. The summed E-state index contributed by atoms with van der Waals surface area (Å²) in [7, 11) is 1.70. The van der Waals surface area contributed by atoms with Gasteiger partial charge in [0.15, 0.2) is 0 Å². The van der Waals surface area contributed by atoms with Crippen LogP contribution in [0.25, 0.3) is 10.8 Å². The Kier molecular flexibility index (Phi) is 3.19. The Balaban J connectivity index is 1.85. The average Bonchev–Trinajstić information content (AvgIpc) is 2.56. The Morgan fingerprint density at radius 1 is 1.38 bits per heavy atom. The minimum atomic E-state index is 0.608. The van der Waals surface area contributed by atoms with Crippen molar-refractivity contribution in [3.05, 3.63) is 30.0 Å². The monoisotopic (exact) mass is 283 g/mol. The highest BCUT2D eigenvalue weighted by atomic mass is 16.5. The van der Waals surface area contributed by atoms with Crippen LogP contribution in [-0.2, 0) is 6.42 Å².